The van der Waals surface area contributed by atoms with E-state index in [4.69, 9.17) is 5.73 Å². The molecule has 5 rings (SSSR count). The molecule has 0 fully saturated rings. The number of aryl methyl sites for hydroxylation is 2. The van der Waals surface area contributed by atoms with Crippen LogP contribution in [0.25, 0.3) is 22.0 Å². The summed E-state index contributed by atoms with van der Waals surface area (Å²) in [5, 5.41) is 18.9. The fourth-order valence-electron chi connectivity index (χ4n) is 4.29. The van der Waals surface area contributed by atoms with Gasteiger partial charge in [-0.25, -0.2) is 0 Å². The third-order valence-electron chi connectivity index (χ3n) is 5.94. The Bertz CT molecular complexity index is 1410. The summed E-state index contributed by atoms with van der Waals surface area (Å²) in [6, 6.07) is 13.5. The van der Waals surface area contributed by atoms with E-state index in [1.807, 2.05) is 51.2 Å². The highest BCUT2D eigenvalue weighted by Crippen LogP contribution is 2.34. The molecule has 1 amide bonds. The first kappa shape index (κ1) is 18.9. The predicted molar refractivity (Wildman–Crippen MR) is 119 cm³/mol. The Morgan fingerprint density at radius 2 is 2.03 bits per heavy atom. The zero-order valence-corrected chi connectivity index (χ0v) is 17.5. The van der Waals surface area contributed by atoms with E-state index in [0.29, 0.717) is 23.6 Å². The number of nitrogens with two attached hydrogens (primary N) is 1. The molecule has 2 aromatic carbocycles. The SMILES string of the molecule is Cc1cc(N2C[C@H](C)n3ncc(-c4ccc5c(N)nn(C)c5c4)c3C2=O)ccc1C#N. The molecular formula is C23H21N7O. The van der Waals surface area contributed by atoms with Crippen LogP contribution in [0.4, 0.5) is 11.5 Å². The minimum atomic E-state index is -0.112. The predicted octanol–water partition coefficient (Wildman–Crippen LogP) is 3.42. The number of hydrogen-bond donors (Lipinski definition) is 1. The lowest BCUT2D eigenvalue weighted by molar-refractivity contribution is 0.0954. The van der Waals surface area contributed by atoms with Crippen molar-refractivity contribution in [1.82, 2.24) is 19.6 Å². The first-order valence-electron chi connectivity index (χ1n) is 10.0. The molecule has 8 nitrogen and oxygen atoms in total. The largest absolute Gasteiger partial charge is 0.382 e. The van der Waals surface area contributed by atoms with Crippen LogP contribution >= 0.6 is 0 Å². The number of rotatable bonds is 2. The van der Waals surface area contributed by atoms with Gasteiger partial charge in [-0.3, -0.25) is 14.2 Å². The summed E-state index contributed by atoms with van der Waals surface area (Å²) < 4.78 is 3.53. The molecule has 1 aliphatic rings. The summed E-state index contributed by atoms with van der Waals surface area (Å²) in [4.78, 5) is 15.3. The second-order valence-electron chi connectivity index (χ2n) is 7.97. The summed E-state index contributed by atoms with van der Waals surface area (Å²) in [6.07, 6.45) is 1.75. The molecule has 0 spiro atoms. The molecule has 0 bridgehead atoms. The van der Waals surface area contributed by atoms with E-state index in [1.165, 1.54) is 0 Å². The second kappa shape index (κ2) is 6.71. The molecule has 8 heteroatoms. The third kappa shape index (κ3) is 2.78. The van der Waals surface area contributed by atoms with Gasteiger partial charge in [-0.1, -0.05) is 6.07 Å². The number of benzene rings is 2. The van der Waals surface area contributed by atoms with Gasteiger partial charge in [0.1, 0.15) is 5.69 Å². The summed E-state index contributed by atoms with van der Waals surface area (Å²) in [5.74, 6) is 0.368. The fraction of sp³-hybridized carbons (Fsp3) is 0.217. The number of carbonyl (C=O) groups is 1. The van der Waals surface area contributed by atoms with Crippen LogP contribution in [0, 0.1) is 18.3 Å². The van der Waals surface area contributed by atoms with E-state index < -0.39 is 0 Å². The maximum absolute atomic E-state index is 13.6. The molecule has 3 heterocycles. The lowest BCUT2D eigenvalue weighted by atomic mass is 10.0. The maximum atomic E-state index is 13.6. The Morgan fingerprint density at radius 1 is 1.23 bits per heavy atom. The standard InChI is InChI=1S/C23H21N7O/c1-13-8-17(6-4-16(13)10-24)29-12-14(2)30-21(23(29)31)19(11-26-30)15-5-7-18-20(9-15)28(3)27-22(18)25/h4-9,11,14H,12H2,1-3H3,(H2,25,27)/t14-/m0/s1. The molecule has 1 atom stereocenters. The van der Waals surface area contributed by atoms with Gasteiger partial charge < -0.3 is 10.6 Å². The molecule has 0 saturated carbocycles. The Kier molecular flexibility index (Phi) is 4.08. The molecule has 1 aliphatic heterocycles. The third-order valence-corrected chi connectivity index (χ3v) is 5.94. The van der Waals surface area contributed by atoms with Crippen LogP contribution in [-0.2, 0) is 7.05 Å². The van der Waals surface area contributed by atoms with Crippen LogP contribution in [0.15, 0.2) is 42.6 Å². The Hall–Kier alpha value is -4.12. The quantitative estimate of drug-likeness (QED) is 0.544. The minimum Gasteiger partial charge on any atom is -0.382 e. The number of amides is 1. The number of nitrogens with zero attached hydrogens (tertiary/aromatic N) is 6. The first-order valence-corrected chi connectivity index (χ1v) is 10.0. The summed E-state index contributed by atoms with van der Waals surface area (Å²) in [7, 11) is 1.85. The normalized spacial score (nSPS) is 15.9. The molecule has 154 valence electrons. The fourth-order valence-corrected chi connectivity index (χ4v) is 4.29. The summed E-state index contributed by atoms with van der Waals surface area (Å²) in [6.45, 7) is 4.43. The molecule has 4 aromatic rings. The number of carbonyl (C=O) groups excluding carboxylic acids is 1. The van der Waals surface area contributed by atoms with Crippen molar-refractivity contribution in [2.24, 2.45) is 7.05 Å². The number of nitrogen functional groups attached to an aromatic ring is 1. The van der Waals surface area contributed by atoms with E-state index in [9.17, 15) is 10.1 Å². The van der Waals surface area contributed by atoms with Crippen molar-refractivity contribution >= 4 is 28.3 Å². The van der Waals surface area contributed by atoms with Crippen LogP contribution in [0.5, 0.6) is 0 Å². The van der Waals surface area contributed by atoms with Gasteiger partial charge in [-0.15, -0.1) is 0 Å². The summed E-state index contributed by atoms with van der Waals surface area (Å²) >= 11 is 0. The van der Waals surface area contributed by atoms with Crippen molar-refractivity contribution in [2.45, 2.75) is 19.9 Å². The highest BCUT2D eigenvalue weighted by molar-refractivity contribution is 6.10. The van der Waals surface area contributed by atoms with Gasteiger partial charge in [0, 0.05) is 30.2 Å². The van der Waals surface area contributed by atoms with Crippen molar-refractivity contribution < 1.29 is 4.79 Å². The van der Waals surface area contributed by atoms with Gasteiger partial charge in [-0.2, -0.15) is 15.5 Å². The van der Waals surface area contributed by atoms with E-state index >= 15 is 0 Å². The van der Waals surface area contributed by atoms with Gasteiger partial charge in [0.15, 0.2) is 5.82 Å². The number of hydrogen-bond acceptors (Lipinski definition) is 5. The average Bonchev–Trinajstić information content (AvgIpc) is 3.32. The highest BCUT2D eigenvalue weighted by Gasteiger charge is 2.34. The monoisotopic (exact) mass is 411 g/mol. The van der Waals surface area contributed by atoms with Crippen molar-refractivity contribution in [1.29, 1.82) is 5.26 Å². The molecule has 0 aliphatic carbocycles. The smallest absolute Gasteiger partial charge is 0.277 e. The molecule has 31 heavy (non-hydrogen) atoms. The van der Waals surface area contributed by atoms with Crippen LogP contribution < -0.4 is 10.6 Å². The van der Waals surface area contributed by atoms with Crippen LogP contribution in [0.3, 0.4) is 0 Å². The van der Waals surface area contributed by atoms with Gasteiger partial charge >= 0.3 is 0 Å². The van der Waals surface area contributed by atoms with Crippen LogP contribution in [0.2, 0.25) is 0 Å². The Labute approximate surface area is 179 Å². The van der Waals surface area contributed by atoms with Crippen molar-refractivity contribution in [3.05, 3.63) is 59.4 Å². The maximum Gasteiger partial charge on any atom is 0.277 e. The lowest BCUT2D eigenvalue weighted by Gasteiger charge is -2.32. The zero-order valence-electron chi connectivity index (χ0n) is 17.5. The van der Waals surface area contributed by atoms with E-state index in [2.05, 4.69) is 16.3 Å². The van der Waals surface area contributed by atoms with E-state index in [1.54, 1.807) is 26.5 Å². The molecule has 0 saturated heterocycles. The second-order valence-corrected chi connectivity index (χ2v) is 7.97. The molecule has 0 radical (unpaired) electrons. The average molecular weight is 411 g/mol. The highest BCUT2D eigenvalue weighted by atomic mass is 16.2. The molecular weight excluding hydrogens is 390 g/mol. The Morgan fingerprint density at radius 3 is 2.77 bits per heavy atom. The van der Waals surface area contributed by atoms with Gasteiger partial charge in [0.25, 0.3) is 5.91 Å². The zero-order chi connectivity index (χ0) is 21.9. The number of nitriles is 1. The molecule has 0 unspecified atom stereocenters. The number of anilines is 2. The first-order chi connectivity index (χ1) is 14.9. The van der Waals surface area contributed by atoms with Crippen molar-refractivity contribution in [3.8, 4) is 17.2 Å². The molecule has 2 aromatic heterocycles. The Balaban J connectivity index is 1.62. The number of fused-ring (bicyclic) bond motifs is 2. The summed E-state index contributed by atoms with van der Waals surface area (Å²) in [5.41, 5.74) is 11.3. The topological polar surface area (TPSA) is 106 Å². The van der Waals surface area contributed by atoms with E-state index in [-0.39, 0.29) is 11.9 Å². The van der Waals surface area contributed by atoms with Crippen LogP contribution in [0.1, 0.15) is 34.6 Å². The van der Waals surface area contributed by atoms with Crippen molar-refractivity contribution in [2.75, 3.05) is 17.2 Å². The number of aromatic nitrogens is 4. The van der Waals surface area contributed by atoms with Gasteiger partial charge in [0.05, 0.1) is 29.4 Å². The van der Waals surface area contributed by atoms with Crippen molar-refractivity contribution in [3.63, 3.8) is 0 Å². The molecule has 2 N–H and O–H groups in total. The minimum absolute atomic E-state index is 0.00785. The van der Waals surface area contributed by atoms with E-state index in [0.717, 1.165) is 33.3 Å². The van der Waals surface area contributed by atoms with Gasteiger partial charge in [0.2, 0.25) is 0 Å². The van der Waals surface area contributed by atoms with Crippen LogP contribution in [-0.4, -0.2) is 32.0 Å². The lowest BCUT2D eigenvalue weighted by Crippen LogP contribution is -2.42. The van der Waals surface area contributed by atoms with Gasteiger partial charge in [-0.05, 0) is 55.3 Å².